The van der Waals surface area contributed by atoms with Crippen LogP contribution in [0.3, 0.4) is 0 Å². The molecule has 0 fully saturated rings. The average Bonchev–Trinajstić information content (AvgIpc) is 3.09. The van der Waals surface area contributed by atoms with Gasteiger partial charge in [0, 0.05) is 13.2 Å². The van der Waals surface area contributed by atoms with Gasteiger partial charge in [-0.1, -0.05) is 196 Å². The molecule has 0 aliphatic rings. The Morgan fingerprint density at radius 1 is 0.500 bits per heavy atom. The van der Waals surface area contributed by atoms with Gasteiger partial charge in [-0.15, -0.1) is 0 Å². The highest BCUT2D eigenvalue weighted by atomic mass is 31.2. The van der Waals surface area contributed by atoms with Crippen molar-refractivity contribution in [2.24, 2.45) is 23.7 Å². The first-order valence-corrected chi connectivity index (χ1v) is 24.8. The molecule has 326 valence electrons. The van der Waals surface area contributed by atoms with Crippen LogP contribution in [0, 0.1) is 23.7 Å². The number of phosphoric acid groups is 1. The number of nitrogens with zero attached hydrogens (tertiary/aromatic N) is 1. The summed E-state index contributed by atoms with van der Waals surface area (Å²) >= 11 is 0. The molecule has 5 unspecified atom stereocenters. The van der Waals surface area contributed by atoms with Gasteiger partial charge in [0.2, 0.25) is 0 Å². The molecule has 0 amide bonds. The lowest BCUT2D eigenvalue weighted by Crippen LogP contribution is -2.37. The van der Waals surface area contributed by atoms with Gasteiger partial charge in [0.15, 0.2) is 0 Å². The molecule has 54 heavy (non-hydrogen) atoms. The first-order valence-electron chi connectivity index (χ1n) is 23.4. The van der Waals surface area contributed by atoms with Crippen LogP contribution in [0.1, 0.15) is 208 Å². The van der Waals surface area contributed by atoms with Crippen LogP contribution >= 0.6 is 7.82 Å². The van der Waals surface area contributed by atoms with E-state index in [2.05, 4.69) is 41.5 Å². The Bertz CT molecular complexity index is 837. The summed E-state index contributed by atoms with van der Waals surface area (Å²) in [5.41, 5.74) is 0. The number of likely N-dealkylation sites (N-methyl/N-ethyl adjacent to an activating group) is 1. The van der Waals surface area contributed by atoms with E-state index in [4.69, 9.17) is 18.5 Å². The number of ether oxygens (including phenoxy) is 2. The van der Waals surface area contributed by atoms with Crippen LogP contribution in [0.4, 0.5) is 0 Å². The van der Waals surface area contributed by atoms with E-state index in [1.54, 1.807) is 0 Å². The van der Waals surface area contributed by atoms with Gasteiger partial charge in [-0.3, -0.25) is 9.05 Å². The summed E-state index contributed by atoms with van der Waals surface area (Å²) in [6.07, 6.45) is 34.1. The second-order valence-electron chi connectivity index (χ2n) is 18.8. The van der Waals surface area contributed by atoms with Gasteiger partial charge in [-0.25, -0.2) is 4.57 Å². The van der Waals surface area contributed by atoms with E-state index in [-0.39, 0.29) is 13.2 Å². The zero-order valence-electron chi connectivity index (χ0n) is 37.9. The lowest BCUT2D eigenvalue weighted by Gasteiger charge is -2.24. The topological polar surface area (TPSA) is 74.2 Å². The van der Waals surface area contributed by atoms with Gasteiger partial charge in [0.25, 0.3) is 0 Å². The molecule has 0 aromatic carbocycles. The summed E-state index contributed by atoms with van der Waals surface area (Å²) in [7, 11) is 1.91. The highest BCUT2D eigenvalue weighted by Gasteiger charge is 2.25. The summed E-state index contributed by atoms with van der Waals surface area (Å²) in [6, 6.07) is 0. The van der Waals surface area contributed by atoms with E-state index < -0.39 is 13.9 Å². The second-order valence-corrected chi connectivity index (χ2v) is 20.2. The predicted octanol–water partition coefficient (Wildman–Crippen LogP) is 14.0. The molecule has 0 aromatic heterocycles. The standard InChI is InChI=1S/C46H96NO6P/c1-10-11-12-13-14-15-16-17-18-19-20-21-22-23-24-25-37-51-46(41-53-54(48,49)52-39-36-47(7,8)9)40-50-38-35-45(6)34-28-33-44(5)32-27-31-43(4)30-26-29-42(2)3/h42-46H,10-41H2,1-9H3/p+1. The molecule has 0 heterocycles. The summed E-state index contributed by atoms with van der Waals surface area (Å²) < 4.78 is 36.0. The van der Waals surface area contributed by atoms with Gasteiger partial charge in [-0.05, 0) is 36.5 Å². The Balaban J connectivity index is 4.29. The average molecular weight is 791 g/mol. The van der Waals surface area contributed by atoms with Crippen molar-refractivity contribution in [2.75, 3.05) is 60.7 Å². The van der Waals surface area contributed by atoms with Gasteiger partial charge in [0.05, 0.1) is 34.4 Å². The Hall–Kier alpha value is -0.0100. The second kappa shape index (κ2) is 36.1. The molecule has 5 atom stereocenters. The van der Waals surface area contributed by atoms with Crippen LogP contribution in [-0.4, -0.2) is 76.2 Å². The van der Waals surface area contributed by atoms with E-state index in [1.165, 1.54) is 148 Å². The highest BCUT2D eigenvalue weighted by Crippen LogP contribution is 2.43. The largest absolute Gasteiger partial charge is 0.472 e. The minimum atomic E-state index is -4.15. The Morgan fingerprint density at radius 2 is 0.926 bits per heavy atom. The first-order chi connectivity index (χ1) is 25.7. The maximum absolute atomic E-state index is 12.6. The summed E-state index contributed by atoms with van der Waals surface area (Å²) in [5, 5.41) is 0. The molecule has 0 rings (SSSR count). The van der Waals surface area contributed by atoms with Crippen molar-refractivity contribution in [1.82, 2.24) is 0 Å². The van der Waals surface area contributed by atoms with Crippen molar-refractivity contribution in [3.63, 3.8) is 0 Å². The van der Waals surface area contributed by atoms with Crippen LogP contribution < -0.4 is 0 Å². The first kappa shape index (κ1) is 54.0. The number of quaternary nitrogens is 1. The fraction of sp³-hybridized carbons (Fsp3) is 1.00. The van der Waals surface area contributed by atoms with Gasteiger partial charge < -0.3 is 18.9 Å². The van der Waals surface area contributed by atoms with Crippen molar-refractivity contribution >= 4 is 7.82 Å². The molecule has 8 heteroatoms. The highest BCUT2D eigenvalue weighted by molar-refractivity contribution is 7.47. The molecule has 7 nitrogen and oxygen atoms in total. The summed E-state index contributed by atoms with van der Waals surface area (Å²) in [6.45, 7) is 16.5. The summed E-state index contributed by atoms with van der Waals surface area (Å²) in [5.74, 6) is 3.12. The van der Waals surface area contributed by atoms with Crippen molar-refractivity contribution in [3.05, 3.63) is 0 Å². The fourth-order valence-corrected chi connectivity index (χ4v) is 7.87. The maximum atomic E-state index is 12.6. The molecule has 0 saturated heterocycles. The number of rotatable bonds is 42. The fourth-order valence-electron chi connectivity index (χ4n) is 7.13. The van der Waals surface area contributed by atoms with Gasteiger partial charge >= 0.3 is 7.82 Å². The van der Waals surface area contributed by atoms with E-state index >= 15 is 0 Å². The van der Waals surface area contributed by atoms with Crippen LogP contribution in [0.25, 0.3) is 0 Å². The van der Waals surface area contributed by atoms with Gasteiger partial charge in [0.1, 0.15) is 19.3 Å². The Morgan fingerprint density at radius 3 is 1.37 bits per heavy atom. The number of hydrogen-bond acceptors (Lipinski definition) is 5. The van der Waals surface area contributed by atoms with Crippen LogP contribution in [0.5, 0.6) is 0 Å². The van der Waals surface area contributed by atoms with E-state index in [0.717, 1.165) is 37.0 Å². The molecule has 0 spiro atoms. The van der Waals surface area contributed by atoms with Crippen LogP contribution in [0.2, 0.25) is 0 Å². The van der Waals surface area contributed by atoms with E-state index in [1.807, 2.05) is 21.1 Å². The SMILES string of the molecule is CCCCCCCCCCCCCCCCCCOC(COCCC(C)CCCC(C)CCCC(C)CCCC(C)C)COP(=O)(O)OCC[N+](C)(C)C. The Kier molecular flexibility index (Phi) is 36.1. The predicted molar refractivity (Wildman–Crippen MR) is 233 cm³/mol. The zero-order chi connectivity index (χ0) is 40.3. The van der Waals surface area contributed by atoms with Crippen molar-refractivity contribution in [1.29, 1.82) is 0 Å². The molecular formula is C46H97NO6P+. The molecule has 0 aliphatic carbocycles. The molecule has 0 radical (unpaired) electrons. The van der Waals surface area contributed by atoms with Crippen molar-refractivity contribution in [3.8, 4) is 0 Å². The smallest absolute Gasteiger partial charge is 0.379 e. The molecule has 0 aromatic rings. The third kappa shape index (κ3) is 40.2. The Labute approximate surface area is 338 Å². The minimum Gasteiger partial charge on any atom is -0.379 e. The zero-order valence-corrected chi connectivity index (χ0v) is 38.8. The monoisotopic (exact) mass is 791 g/mol. The quantitative estimate of drug-likeness (QED) is 0.0377. The van der Waals surface area contributed by atoms with E-state index in [9.17, 15) is 9.46 Å². The van der Waals surface area contributed by atoms with Gasteiger partial charge in [-0.2, -0.15) is 0 Å². The number of hydrogen-bond donors (Lipinski definition) is 1. The minimum absolute atomic E-state index is 0.0127. The van der Waals surface area contributed by atoms with Crippen molar-refractivity contribution < 1.29 is 32.5 Å². The summed E-state index contributed by atoms with van der Waals surface area (Å²) in [4.78, 5) is 10.3. The van der Waals surface area contributed by atoms with Crippen molar-refractivity contribution in [2.45, 2.75) is 215 Å². The molecule has 1 N–H and O–H groups in total. The van der Waals surface area contributed by atoms with E-state index in [0.29, 0.717) is 36.8 Å². The third-order valence-electron chi connectivity index (χ3n) is 11.1. The molecule has 0 bridgehead atoms. The number of unbranched alkanes of at least 4 members (excludes halogenated alkanes) is 15. The van der Waals surface area contributed by atoms with Crippen LogP contribution in [-0.2, 0) is 23.1 Å². The number of phosphoric ester groups is 1. The lowest BCUT2D eigenvalue weighted by atomic mass is 9.91. The third-order valence-corrected chi connectivity index (χ3v) is 12.1. The molecule has 0 saturated carbocycles. The lowest BCUT2D eigenvalue weighted by molar-refractivity contribution is -0.870. The molecular weight excluding hydrogens is 693 g/mol. The normalized spacial score (nSPS) is 15.8. The van der Waals surface area contributed by atoms with Crippen LogP contribution in [0.15, 0.2) is 0 Å². The molecule has 0 aliphatic heterocycles. The maximum Gasteiger partial charge on any atom is 0.472 e.